The van der Waals surface area contributed by atoms with Crippen LogP contribution in [0.25, 0.3) is 5.82 Å². The number of rotatable bonds is 11. The van der Waals surface area contributed by atoms with Crippen LogP contribution in [0.2, 0.25) is 0 Å². The SMILES string of the molecule is O=C(Nc1cc(CCCc2ccc(C(=O)O)c(NC(=O)c3ccc(-n4ccnc4)nn3)c2)ccc1C(=O)O)C1=NN2NNN=C2C=C1. The fraction of sp³-hybridized carbons (Fsp3) is 0.100. The number of nitrogens with zero attached hydrogens (tertiary/aromatic N) is 7. The Morgan fingerprint density at radius 2 is 1.49 bits per heavy atom. The molecule has 0 unspecified atom stereocenters. The summed E-state index contributed by atoms with van der Waals surface area (Å²) in [5.74, 6) is -2.74. The first kappa shape index (κ1) is 30.3. The van der Waals surface area contributed by atoms with E-state index in [-0.39, 0.29) is 33.9 Å². The molecule has 4 heterocycles. The molecule has 17 heteroatoms. The van der Waals surface area contributed by atoms with E-state index in [4.69, 9.17) is 0 Å². The minimum atomic E-state index is -1.21. The Kier molecular flexibility index (Phi) is 8.43. The van der Waals surface area contributed by atoms with Crippen LogP contribution in [0.4, 0.5) is 11.4 Å². The number of hydrazine groups is 2. The third kappa shape index (κ3) is 6.84. The first-order chi connectivity index (χ1) is 22.7. The molecular formula is C30H25N11O6. The summed E-state index contributed by atoms with van der Waals surface area (Å²) >= 11 is 0. The van der Waals surface area contributed by atoms with Crippen molar-refractivity contribution in [3.05, 3.63) is 107 Å². The molecule has 0 saturated carbocycles. The lowest BCUT2D eigenvalue weighted by Gasteiger charge is -2.16. The molecule has 6 rings (SSSR count). The molecule has 0 aliphatic carbocycles. The third-order valence-corrected chi connectivity index (χ3v) is 7.08. The van der Waals surface area contributed by atoms with Gasteiger partial charge in [-0.05, 0) is 78.9 Å². The molecule has 0 atom stereocenters. The summed E-state index contributed by atoms with van der Waals surface area (Å²) in [6.07, 6.45) is 9.43. The number of carboxylic acid groups (broad SMARTS) is 2. The van der Waals surface area contributed by atoms with Crippen LogP contribution in [0.1, 0.15) is 48.8 Å². The summed E-state index contributed by atoms with van der Waals surface area (Å²) in [5, 5.41) is 41.9. The van der Waals surface area contributed by atoms with Crippen molar-refractivity contribution in [2.75, 3.05) is 10.6 Å². The number of aromatic carboxylic acids is 2. The van der Waals surface area contributed by atoms with E-state index in [1.165, 1.54) is 35.7 Å². The summed E-state index contributed by atoms with van der Waals surface area (Å²) in [5.41, 5.74) is 6.74. The number of hydrogen-bond donors (Lipinski definition) is 6. The molecule has 0 saturated heterocycles. The monoisotopic (exact) mass is 635 g/mol. The first-order valence-corrected chi connectivity index (χ1v) is 14.1. The van der Waals surface area contributed by atoms with Crippen LogP contribution in [0, 0.1) is 0 Å². The number of hydrogen-bond acceptors (Lipinski definition) is 12. The van der Waals surface area contributed by atoms with E-state index in [0.29, 0.717) is 30.9 Å². The van der Waals surface area contributed by atoms with Crippen molar-refractivity contribution in [3.63, 3.8) is 0 Å². The Bertz CT molecular complexity index is 1970. The molecule has 0 bridgehead atoms. The second-order valence-electron chi connectivity index (χ2n) is 10.2. The molecule has 2 aliphatic rings. The van der Waals surface area contributed by atoms with Crippen molar-refractivity contribution in [3.8, 4) is 5.82 Å². The number of nitrogens with one attached hydrogen (secondary N) is 4. The smallest absolute Gasteiger partial charge is 0.337 e. The average Bonchev–Trinajstić information content (AvgIpc) is 3.77. The van der Waals surface area contributed by atoms with Gasteiger partial charge in [-0.15, -0.1) is 25.9 Å². The maximum absolute atomic E-state index is 12.9. The van der Waals surface area contributed by atoms with Gasteiger partial charge in [0.15, 0.2) is 23.1 Å². The summed E-state index contributed by atoms with van der Waals surface area (Å²) in [4.78, 5) is 53.5. The molecule has 6 N–H and O–H groups in total. The molecule has 4 aromatic rings. The normalized spacial score (nSPS) is 13.2. The molecule has 236 valence electrons. The summed E-state index contributed by atoms with van der Waals surface area (Å²) in [6, 6.07) is 12.4. The van der Waals surface area contributed by atoms with Crippen LogP contribution in [0.15, 0.2) is 89.6 Å². The summed E-state index contributed by atoms with van der Waals surface area (Å²) in [7, 11) is 0. The molecular weight excluding hydrogens is 610 g/mol. The molecule has 2 aromatic heterocycles. The molecule has 0 spiro atoms. The van der Waals surface area contributed by atoms with E-state index in [1.807, 2.05) is 0 Å². The highest BCUT2D eigenvalue weighted by Gasteiger charge is 2.23. The van der Waals surface area contributed by atoms with E-state index in [2.05, 4.69) is 47.1 Å². The number of fused-ring (bicyclic) bond motifs is 1. The van der Waals surface area contributed by atoms with Crippen LogP contribution >= 0.6 is 0 Å². The van der Waals surface area contributed by atoms with Gasteiger partial charge in [0, 0.05) is 12.4 Å². The number of aryl methyl sites for hydroxylation is 2. The zero-order valence-electron chi connectivity index (χ0n) is 24.3. The second kappa shape index (κ2) is 13.1. The number of anilines is 2. The quantitative estimate of drug-likeness (QED) is 0.139. The molecule has 47 heavy (non-hydrogen) atoms. The van der Waals surface area contributed by atoms with E-state index < -0.39 is 23.8 Å². The van der Waals surface area contributed by atoms with E-state index in [9.17, 15) is 29.4 Å². The Morgan fingerprint density at radius 1 is 0.809 bits per heavy atom. The maximum Gasteiger partial charge on any atom is 0.337 e. The number of carboxylic acids is 2. The van der Waals surface area contributed by atoms with Gasteiger partial charge in [-0.3, -0.25) is 14.2 Å². The highest BCUT2D eigenvalue weighted by molar-refractivity contribution is 6.48. The minimum absolute atomic E-state index is 0.00166. The number of aromatic nitrogens is 4. The van der Waals surface area contributed by atoms with Gasteiger partial charge in [0.2, 0.25) is 0 Å². The van der Waals surface area contributed by atoms with Gasteiger partial charge in [0.1, 0.15) is 6.33 Å². The predicted molar refractivity (Wildman–Crippen MR) is 167 cm³/mol. The van der Waals surface area contributed by atoms with Crippen LogP contribution in [0.3, 0.4) is 0 Å². The molecule has 2 aromatic carbocycles. The van der Waals surface area contributed by atoms with Crippen LogP contribution in [-0.4, -0.2) is 70.4 Å². The third-order valence-electron chi connectivity index (χ3n) is 7.08. The van der Waals surface area contributed by atoms with Gasteiger partial charge in [0.25, 0.3) is 11.8 Å². The number of amides is 2. The van der Waals surface area contributed by atoms with Gasteiger partial charge in [0.05, 0.1) is 22.5 Å². The standard InChI is InChI=1S/C30H25N11O6/c42-27(21-8-10-25(35-34-21)40-13-12-31-16-40)32-23-14-17(4-6-19(23)29(44)45)2-1-3-18-5-7-20(30(46)47)24(15-18)33-28(43)22-9-11-26-36-38-39-41(26)37-22/h4-16,38-39H,1-3H2,(H,32,42)(H,33,43)(H,44,45)(H,46,47). The zero-order valence-corrected chi connectivity index (χ0v) is 24.3. The van der Waals surface area contributed by atoms with Gasteiger partial charge >= 0.3 is 11.9 Å². The molecule has 0 radical (unpaired) electrons. The molecule has 0 fully saturated rings. The van der Waals surface area contributed by atoms with Crippen molar-refractivity contribution in [2.24, 2.45) is 10.2 Å². The number of benzene rings is 2. The fourth-order valence-electron chi connectivity index (χ4n) is 4.76. The Morgan fingerprint density at radius 3 is 2.09 bits per heavy atom. The topological polar surface area (TPSA) is 228 Å². The van der Waals surface area contributed by atoms with E-state index in [1.54, 1.807) is 53.4 Å². The first-order valence-electron chi connectivity index (χ1n) is 14.1. The summed E-state index contributed by atoms with van der Waals surface area (Å²) in [6.45, 7) is 0. The van der Waals surface area contributed by atoms with E-state index in [0.717, 1.165) is 11.1 Å². The van der Waals surface area contributed by atoms with Crippen molar-refractivity contribution in [1.82, 2.24) is 35.9 Å². The van der Waals surface area contributed by atoms with Crippen molar-refractivity contribution in [2.45, 2.75) is 19.3 Å². The number of carbonyl (C=O) groups is 4. The van der Waals surface area contributed by atoms with Crippen molar-refractivity contribution < 1.29 is 29.4 Å². The average molecular weight is 636 g/mol. The van der Waals surface area contributed by atoms with Crippen molar-refractivity contribution in [1.29, 1.82) is 0 Å². The molecule has 2 amide bonds. The summed E-state index contributed by atoms with van der Waals surface area (Å²) < 4.78 is 1.62. The number of carbonyl (C=O) groups excluding carboxylic acids is 2. The highest BCUT2D eigenvalue weighted by Crippen LogP contribution is 2.23. The van der Waals surface area contributed by atoms with Gasteiger partial charge < -0.3 is 20.8 Å². The molecule has 2 aliphatic heterocycles. The Labute approximate surface area is 265 Å². The lowest BCUT2D eigenvalue weighted by Crippen LogP contribution is -2.40. The lowest BCUT2D eigenvalue weighted by molar-refractivity contribution is -0.110. The number of hydrazone groups is 2. The molecule has 17 nitrogen and oxygen atoms in total. The maximum atomic E-state index is 12.9. The van der Waals surface area contributed by atoms with Crippen LogP contribution in [-0.2, 0) is 17.6 Å². The van der Waals surface area contributed by atoms with Crippen LogP contribution in [0.5, 0.6) is 0 Å². The highest BCUT2D eigenvalue weighted by atomic mass is 16.4. The van der Waals surface area contributed by atoms with Gasteiger partial charge in [-0.25, -0.2) is 20.1 Å². The number of amidine groups is 1. The van der Waals surface area contributed by atoms with Crippen molar-refractivity contribution >= 4 is 46.7 Å². The Hall–Kier alpha value is -6.75. The van der Waals surface area contributed by atoms with E-state index >= 15 is 0 Å². The zero-order chi connectivity index (χ0) is 32.9. The van der Waals surface area contributed by atoms with Crippen LogP contribution < -0.4 is 21.7 Å². The Balaban J connectivity index is 1.11. The van der Waals surface area contributed by atoms with Gasteiger partial charge in [-0.1, -0.05) is 12.1 Å². The largest absolute Gasteiger partial charge is 0.478 e. The fourth-order valence-corrected chi connectivity index (χ4v) is 4.76. The second-order valence-corrected chi connectivity index (χ2v) is 10.2. The lowest BCUT2D eigenvalue weighted by atomic mass is 10.00. The number of imidazole rings is 1. The minimum Gasteiger partial charge on any atom is -0.478 e. The predicted octanol–water partition coefficient (Wildman–Crippen LogP) is 1.99. The van der Waals surface area contributed by atoms with Gasteiger partial charge in [-0.2, -0.15) is 5.12 Å².